The van der Waals surface area contributed by atoms with E-state index >= 15 is 0 Å². The number of nitrogen functional groups attached to an aromatic ring is 1. The van der Waals surface area contributed by atoms with Gasteiger partial charge in [0.05, 0.1) is 5.54 Å². The number of tetrazole rings is 1. The van der Waals surface area contributed by atoms with E-state index in [0.717, 1.165) is 12.0 Å². The molecule has 1 heterocycles. The van der Waals surface area contributed by atoms with Crippen molar-refractivity contribution in [3.63, 3.8) is 0 Å². The van der Waals surface area contributed by atoms with Gasteiger partial charge in [0.25, 0.3) is 0 Å². The Bertz CT molecular complexity index is 541. The number of aromatic nitrogens is 4. The number of hydrogen-bond acceptors (Lipinski definition) is 4. The van der Waals surface area contributed by atoms with Crippen LogP contribution >= 0.6 is 11.6 Å². The molecule has 1 aromatic carbocycles. The van der Waals surface area contributed by atoms with Gasteiger partial charge in [-0.25, -0.2) is 4.68 Å². The first-order chi connectivity index (χ1) is 8.44. The van der Waals surface area contributed by atoms with Crippen molar-refractivity contribution in [3.8, 4) is 11.4 Å². The van der Waals surface area contributed by atoms with E-state index < -0.39 is 0 Å². The number of nitrogens with two attached hydrogens (primary N) is 1. The third-order valence-corrected chi connectivity index (χ3v) is 3.30. The van der Waals surface area contributed by atoms with Gasteiger partial charge in [-0.15, -0.1) is 5.10 Å². The summed E-state index contributed by atoms with van der Waals surface area (Å²) in [5.74, 6) is 0.677. The molecule has 96 valence electrons. The van der Waals surface area contributed by atoms with Crippen LogP contribution in [-0.4, -0.2) is 20.2 Å². The Kier molecular flexibility index (Phi) is 3.26. The predicted octanol–water partition coefficient (Wildman–Crippen LogP) is 2.72. The van der Waals surface area contributed by atoms with E-state index in [9.17, 15) is 0 Å². The molecule has 2 rings (SSSR count). The normalized spacial score (nSPS) is 11.8. The first-order valence-corrected chi connectivity index (χ1v) is 6.17. The third-order valence-electron chi connectivity index (χ3n) is 3.09. The summed E-state index contributed by atoms with van der Waals surface area (Å²) in [5.41, 5.74) is 7.06. The zero-order valence-corrected chi connectivity index (χ0v) is 11.4. The predicted molar refractivity (Wildman–Crippen MR) is 72.3 cm³/mol. The van der Waals surface area contributed by atoms with Crippen LogP contribution in [0.4, 0.5) is 5.69 Å². The number of hydrogen-bond donors (Lipinski definition) is 1. The molecule has 2 N–H and O–H groups in total. The molecule has 0 radical (unpaired) electrons. The van der Waals surface area contributed by atoms with Crippen molar-refractivity contribution in [2.45, 2.75) is 32.7 Å². The van der Waals surface area contributed by atoms with Gasteiger partial charge >= 0.3 is 0 Å². The Morgan fingerprint density at radius 2 is 2.06 bits per heavy atom. The van der Waals surface area contributed by atoms with E-state index in [1.54, 1.807) is 10.7 Å². The summed E-state index contributed by atoms with van der Waals surface area (Å²) in [7, 11) is 0. The van der Waals surface area contributed by atoms with E-state index in [0.29, 0.717) is 16.5 Å². The molecule has 0 aliphatic carbocycles. The SMILES string of the molecule is CCC(C)(C)n1nnnc1-c1cc(N)cc(Cl)c1. The van der Waals surface area contributed by atoms with Gasteiger partial charge in [-0.2, -0.15) is 0 Å². The Balaban J connectivity index is 2.55. The van der Waals surface area contributed by atoms with Crippen LogP contribution in [0, 0.1) is 0 Å². The Morgan fingerprint density at radius 3 is 2.67 bits per heavy atom. The van der Waals surface area contributed by atoms with E-state index in [4.69, 9.17) is 17.3 Å². The molecule has 0 amide bonds. The summed E-state index contributed by atoms with van der Waals surface area (Å²) in [6.45, 7) is 6.26. The average molecular weight is 266 g/mol. The summed E-state index contributed by atoms with van der Waals surface area (Å²) >= 11 is 6.01. The number of benzene rings is 1. The van der Waals surface area contributed by atoms with Crippen LogP contribution in [0.1, 0.15) is 27.2 Å². The second-order valence-electron chi connectivity index (χ2n) is 4.85. The summed E-state index contributed by atoms with van der Waals surface area (Å²) in [5, 5.41) is 12.5. The summed E-state index contributed by atoms with van der Waals surface area (Å²) in [4.78, 5) is 0. The van der Waals surface area contributed by atoms with Gasteiger partial charge in [-0.1, -0.05) is 18.5 Å². The lowest BCUT2D eigenvalue weighted by atomic mass is 10.0. The minimum atomic E-state index is -0.157. The summed E-state index contributed by atoms with van der Waals surface area (Å²) in [6, 6.07) is 5.33. The van der Waals surface area contributed by atoms with Crippen LogP contribution < -0.4 is 5.73 Å². The second-order valence-corrected chi connectivity index (χ2v) is 5.29. The molecule has 6 heteroatoms. The van der Waals surface area contributed by atoms with Gasteiger partial charge in [0.2, 0.25) is 0 Å². The number of anilines is 1. The lowest BCUT2D eigenvalue weighted by Gasteiger charge is -2.23. The molecule has 0 saturated carbocycles. The van der Waals surface area contributed by atoms with Gasteiger partial charge < -0.3 is 5.73 Å². The maximum atomic E-state index is 6.01. The maximum Gasteiger partial charge on any atom is 0.182 e. The lowest BCUT2D eigenvalue weighted by molar-refractivity contribution is 0.305. The topological polar surface area (TPSA) is 69.6 Å². The van der Waals surface area contributed by atoms with E-state index in [-0.39, 0.29) is 5.54 Å². The Labute approximate surface area is 111 Å². The lowest BCUT2D eigenvalue weighted by Crippen LogP contribution is -2.27. The molecular weight excluding hydrogens is 250 g/mol. The highest BCUT2D eigenvalue weighted by Crippen LogP contribution is 2.28. The zero-order chi connectivity index (χ0) is 13.3. The highest BCUT2D eigenvalue weighted by atomic mass is 35.5. The van der Waals surface area contributed by atoms with Gasteiger partial charge in [-0.05, 0) is 48.9 Å². The smallest absolute Gasteiger partial charge is 0.182 e. The summed E-state index contributed by atoms with van der Waals surface area (Å²) < 4.78 is 1.80. The van der Waals surface area contributed by atoms with Gasteiger partial charge in [-0.3, -0.25) is 0 Å². The van der Waals surface area contributed by atoms with E-state index in [1.165, 1.54) is 0 Å². The Morgan fingerprint density at radius 1 is 1.33 bits per heavy atom. The monoisotopic (exact) mass is 265 g/mol. The van der Waals surface area contributed by atoms with Crippen molar-refractivity contribution in [2.24, 2.45) is 0 Å². The second kappa shape index (κ2) is 4.57. The fourth-order valence-corrected chi connectivity index (χ4v) is 1.91. The maximum absolute atomic E-state index is 6.01. The third kappa shape index (κ3) is 2.31. The largest absolute Gasteiger partial charge is 0.399 e. The zero-order valence-electron chi connectivity index (χ0n) is 10.7. The van der Waals surface area contributed by atoms with Gasteiger partial charge in [0.1, 0.15) is 0 Å². The average Bonchev–Trinajstić information content (AvgIpc) is 2.77. The van der Waals surface area contributed by atoms with Crippen LogP contribution in [0.3, 0.4) is 0 Å². The quantitative estimate of drug-likeness (QED) is 0.867. The van der Waals surface area contributed by atoms with Crippen LogP contribution in [0.25, 0.3) is 11.4 Å². The van der Waals surface area contributed by atoms with Crippen LogP contribution in [-0.2, 0) is 5.54 Å². The molecule has 0 unspecified atom stereocenters. The first-order valence-electron chi connectivity index (χ1n) is 5.79. The highest BCUT2D eigenvalue weighted by Gasteiger charge is 2.24. The summed E-state index contributed by atoms with van der Waals surface area (Å²) in [6.07, 6.45) is 0.918. The molecule has 0 fully saturated rings. The number of halogens is 1. The standard InChI is InChI=1S/C12H16ClN5/c1-4-12(2,3)18-11(15-16-17-18)8-5-9(13)7-10(14)6-8/h5-7H,4,14H2,1-3H3. The van der Waals surface area contributed by atoms with Crippen molar-refractivity contribution in [1.82, 2.24) is 20.2 Å². The van der Waals surface area contributed by atoms with Crippen molar-refractivity contribution < 1.29 is 0 Å². The molecule has 5 nitrogen and oxygen atoms in total. The van der Waals surface area contributed by atoms with Crippen LogP contribution in [0.2, 0.25) is 5.02 Å². The van der Waals surface area contributed by atoms with Crippen molar-refractivity contribution in [1.29, 1.82) is 0 Å². The molecule has 18 heavy (non-hydrogen) atoms. The molecule has 0 aliphatic heterocycles. The first kappa shape index (κ1) is 12.8. The highest BCUT2D eigenvalue weighted by molar-refractivity contribution is 6.31. The van der Waals surface area contributed by atoms with E-state index in [2.05, 4.69) is 36.3 Å². The van der Waals surface area contributed by atoms with Gasteiger partial charge in [0.15, 0.2) is 5.82 Å². The molecule has 0 spiro atoms. The molecule has 0 bridgehead atoms. The molecule has 0 aliphatic rings. The Hall–Kier alpha value is -1.62. The molecular formula is C12H16ClN5. The molecule has 0 atom stereocenters. The fourth-order valence-electron chi connectivity index (χ4n) is 1.67. The molecule has 1 aromatic heterocycles. The number of rotatable bonds is 3. The fraction of sp³-hybridized carbons (Fsp3) is 0.417. The molecule has 0 saturated heterocycles. The minimum absolute atomic E-state index is 0.157. The van der Waals surface area contributed by atoms with E-state index in [1.807, 2.05) is 12.1 Å². The van der Waals surface area contributed by atoms with Crippen molar-refractivity contribution in [2.75, 3.05) is 5.73 Å². The van der Waals surface area contributed by atoms with Crippen molar-refractivity contribution >= 4 is 17.3 Å². The van der Waals surface area contributed by atoms with Crippen molar-refractivity contribution in [3.05, 3.63) is 23.2 Å². The van der Waals surface area contributed by atoms with Crippen LogP contribution in [0.15, 0.2) is 18.2 Å². The minimum Gasteiger partial charge on any atom is -0.399 e. The number of nitrogens with zero attached hydrogens (tertiary/aromatic N) is 4. The molecule has 2 aromatic rings. The van der Waals surface area contributed by atoms with Gasteiger partial charge in [0, 0.05) is 16.3 Å². The van der Waals surface area contributed by atoms with Crippen LogP contribution in [0.5, 0.6) is 0 Å².